The van der Waals surface area contributed by atoms with Crippen molar-refractivity contribution in [1.29, 1.82) is 0 Å². The Morgan fingerprint density at radius 3 is 2.77 bits per heavy atom. The van der Waals surface area contributed by atoms with Crippen molar-refractivity contribution in [2.24, 2.45) is 11.7 Å². The third-order valence-corrected chi connectivity index (χ3v) is 2.28. The topological polar surface area (TPSA) is 64.7 Å². The number of ether oxygens (including phenoxy) is 2. The maximum absolute atomic E-state index is 9.11. The highest BCUT2D eigenvalue weighted by Crippen LogP contribution is 2.14. The summed E-state index contributed by atoms with van der Waals surface area (Å²) in [6.45, 7) is 3.03. The molecule has 1 aliphatic heterocycles. The second-order valence-corrected chi connectivity index (χ2v) is 3.48. The first-order chi connectivity index (χ1) is 6.33. The van der Waals surface area contributed by atoms with E-state index in [1.165, 1.54) is 0 Å². The fourth-order valence-corrected chi connectivity index (χ4v) is 1.35. The average Bonchev–Trinajstić information content (AvgIpc) is 2.19. The van der Waals surface area contributed by atoms with Crippen molar-refractivity contribution >= 4 is 0 Å². The van der Waals surface area contributed by atoms with Crippen LogP contribution in [0.3, 0.4) is 0 Å². The van der Waals surface area contributed by atoms with E-state index in [9.17, 15) is 0 Å². The van der Waals surface area contributed by atoms with Crippen LogP contribution in [0.5, 0.6) is 0 Å². The molecule has 0 aliphatic carbocycles. The van der Waals surface area contributed by atoms with Gasteiger partial charge in [-0.2, -0.15) is 0 Å². The summed E-state index contributed by atoms with van der Waals surface area (Å²) in [6, 6.07) is 0. The quantitative estimate of drug-likeness (QED) is 0.626. The molecule has 3 N–H and O–H groups in total. The van der Waals surface area contributed by atoms with E-state index in [-0.39, 0.29) is 6.54 Å². The molecule has 1 saturated heterocycles. The molecule has 0 aromatic heterocycles. The van der Waals surface area contributed by atoms with Gasteiger partial charge in [-0.1, -0.05) is 0 Å². The van der Waals surface area contributed by atoms with Crippen LogP contribution >= 0.6 is 0 Å². The molecule has 1 unspecified atom stereocenters. The highest BCUT2D eigenvalue weighted by molar-refractivity contribution is 4.63. The van der Waals surface area contributed by atoms with Crippen molar-refractivity contribution in [3.63, 3.8) is 0 Å². The number of nitrogens with two attached hydrogens (primary N) is 1. The minimum Gasteiger partial charge on any atom is -0.389 e. The Hall–Kier alpha value is -0.160. The number of rotatable bonds is 5. The molecular weight excluding hydrogens is 170 g/mol. The minimum absolute atomic E-state index is 0.272. The summed E-state index contributed by atoms with van der Waals surface area (Å²) in [5.41, 5.74) is 5.24. The Morgan fingerprint density at radius 2 is 2.15 bits per heavy atom. The first kappa shape index (κ1) is 10.9. The molecule has 1 aliphatic rings. The summed E-state index contributed by atoms with van der Waals surface area (Å²) in [4.78, 5) is 0. The van der Waals surface area contributed by atoms with Crippen LogP contribution < -0.4 is 5.73 Å². The molecule has 0 spiro atoms. The summed E-state index contributed by atoms with van der Waals surface area (Å²) < 4.78 is 10.6. The van der Waals surface area contributed by atoms with Crippen molar-refractivity contribution in [3.8, 4) is 0 Å². The maximum atomic E-state index is 9.11. The second kappa shape index (κ2) is 6.32. The monoisotopic (exact) mass is 189 g/mol. The van der Waals surface area contributed by atoms with Crippen LogP contribution in [0, 0.1) is 5.92 Å². The van der Waals surface area contributed by atoms with Gasteiger partial charge in [-0.25, -0.2) is 0 Å². The molecular formula is C9H19NO3. The zero-order valence-corrected chi connectivity index (χ0v) is 7.95. The van der Waals surface area contributed by atoms with Crippen LogP contribution in [0.4, 0.5) is 0 Å². The molecule has 0 bridgehead atoms. The molecule has 1 heterocycles. The molecule has 0 radical (unpaired) electrons. The summed E-state index contributed by atoms with van der Waals surface area (Å²) >= 11 is 0. The lowest BCUT2D eigenvalue weighted by Crippen LogP contribution is -2.27. The number of hydrogen-bond donors (Lipinski definition) is 2. The van der Waals surface area contributed by atoms with Crippen molar-refractivity contribution < 1.29 is 14.6 Å². The Kier molecular flexibility index (Phi) is 5.31. The molecule has 4 heteroatoms. The number of hydrogen-bond acceptors (Lipinski definition) is 4. The second-order valence-electron chi connectivity index (χ2n) is 3.48. The summed E-state index contributed by atoms with van der Waals surface area (Å²) in [6.07, 6.45) is 1.62. The van der Waals surface area contributed by atoms with E-state index in [0.29, 0.717) is 12.5 Å². The highest BCUT2D eigenvalue weighted by Gasteiger charge is 2.14. The number of aliphatic hydroxyl groups is 1. The lowest BCUT2D eigenvalue weighted by Gasteiger charge is -2.22. The Balaban J connectivity index is 1.98. The van der Waals surface area contributed by atoms with Gasteiger partial charge in [-0.3, -0.25) is 0 Å². The zero-order valence-electron chi connectivity index (χ0n) is 7.95. The molecule has 78 valence electrons. The van der Waals surface area contributed by atoms with Gasteiger partial charge in [-0.15, -0.1) is 0 Å². The molecule has 1 atom stereocenters. The van der Waals surface area contributed by atoms with E-state index in [2.05, 4.69) is 0 Å². The van der Waals surface area contributed by atoms with Crippen LogP contribution in [-0.2, 0) is 9.47 Å². The van der Waals surface area contributed by atoms with Crippen LogP contribution in [0.25, 0.3) is 0 Å². The van der Waals surface area contributed by atoms with Gasteiger partial charge in [0.25, 0.3) is 0 Å². The summed E-state index contributed by atoms with van der Waals surface area (Å²) in [5.74, 6) is 0.596. The van der Waals surface area contributed by atoms with E-state index in [0.717, 1.165) is 32.7 Å². The predicted molar refractivity (Wildman–Crippen MR) is 49.4 cm³/mol. The summed E-state index contributed by atoms with van der Waals surface area (Å²) in [7, 11) is 0. The molecule has 4 nitrogen and oxygen atoms in total. The van der Waals surface area contributed by atoms with Crippen LogP contribution in [0.15, 0.2) is 0 Å². The predicted octanol–water partition coefficient (Wildman–Crippen LogP) is -0.251. The Morgan fingerprint density at radius 1 is 1.46 bits per heavy atom. The van der Waals surface area contributed by atoms with Crippen molar-refractivity contribution in [2.45, 2.75) is 18.9 Å². The summed E-state index contributed by atoms with van der Waals surface area (Å²) in [5, 5.41) is 9.11. The van der Waals surface area contributed by atoms with Crippen molar-refractivity contribution in [2.75, 3.05) is 33.0 Å². The average molecular weight is 189 g/mol. The van der Waals surface area contributed by atoms with Gasteiger partial charge in [0.2, 0.25) is 0 Å². The molecule has 0 saturated carbocycles. The fraction of sp³-hybridized carbons (Fsp3) is 1.00. The van der Waals surface area contributed by atoms with E-state index >= 15 is 0 Å². The first-order valence-corrected chi connectivity index (χ1v) is 4.86. The molecule has 0 aromatic carbocycles. The van der Waals surface area contributed by atoms with E-state index in [1.807, 2.05) is 0 Å². The normalized spacial score (nSPS) is 21.7. The van der Waals surface area contributed by atoms with E-state index in [4.69, 9.17) is 20.3 Å². The SMILES string of the molecule is NCC(O)COCC1CCOCC1. The van der Waals surface area contributed by atoms with Gasteiger partial charge >= 0.3 is 0 Å². The highest BCUT2D eigenvalue weighted by atomic mass is 16.5. The van der Waals surface area contributed by atoms with Gasteiger partial charge in [0.1, 0.15) is 0 Å². The van der Waals surface area contributed by atoms with Gasteiger partial charge < -0.3 is 20.3 Å². The third-order valence-electron chi connectivity index (χ3n) is 2.28. The lowest BCUT2D eigenvalue weighted by atomic mass is 10.0. The minimum atomic E-state index is -0.514. The smallest absolute Gasteiger partial charge is 0.0895 e. The van der Waals surface area contributed by atoms with E-state index < -0.39 is 6.10 Å². The van der Waals surface area contributed by atoms with Crippen molar-refractivity contribution in [3.05, 3.63) is 0 Å². The standard InChI is InChI=1S/C9H19NO3/c10-5-9(11)7-13-6-8-1-3-12-4-2-8/h8-9,11H,1-7,10H2. The van der Waals surface area contributed by atoms with Crippen molar-refractivity contribution in [1.82, 2.24) is 0 Å². The largest absolute Gasteiger partial charge is 0.389 e. The molecule has 0 aromatic rings. The van der Waals surface area contributed by atoms with Gasteiger partial charge in [0.05, 0.1) is 12.7 Å². The van der Waals surface area contributed by atoms with E-state index in [1.54, 1.807) is 0 Å². The lowest BCUT2D eigenvalue weighted by molar-refractivity contribution is -0.00675. The molecule has 1 rings (SSSR count). The Bertz CT molecular complexity index is 126. The van der Waals surface area contributed by atoms with Crippen LogP contribution in [0.2, 0.25) is 0 Å². The maximum Gasteiger partial charge on any atom is 0.0895 e. The Labute approximate surface area is 79.0 Å². The zero-order chi connectivity index (χ0) is 9.52. The van der Waals surface area contributed by atoms with Gasteiger partial charge in [0.15, 0.2) is 0 Å². The first-order valence-electron chi connectivity index (χ1n) is 4.86. The fourth-order valence-electron chi connectivity index (χ4n) is 1.35. The third kappa shape index (κ3) is 4.57. The van der Waals surface area contributed by atoms with Crippen LogP contribution in [-0.4, -0.2) is 44.2 Å². The molecule has 0 amide bonds. The molecule has 1 fully saturated rings. The number of aliphatic hydroxyl groups excluding tert-OH is 1. The molecule has 13 heavy (non-hydrogen) atoms. The van der Waals surface area contributed by atoms with Gasteiger partial charge in [0, 0.05) is 26.4 Å². The van der Waals surface area contributed by atoms with Gasteiger partial charge in [-0.05, 0) is 18.8 Å². The van der Waals surface area contributed by atoms with Crippen LogP contribution in [0.1, 0.15) is 12.8 Å².